The van der Waals surface area contributed by atoms with Gasteiger partial charge in [0.1, 0.15) is 0 Å². The smallest absolute Gasteiger partial charge is 0.269 e. The highest BCUT2D eigenvalue weighted by atomic mass is 16.6. The van der Waals surface area contributed by atoms with Gasteiger partial charge >= 0.3 is 0 Å². The van der Waals surface area contributed by atoms with Crippen molar-refractivity contribution in [3.8, 4) is 0 Å². The molecule has 0 fully saturated rings. The molecule has 22 heavy (non-hydrogen) atoms. The number of aromatic amines is 1. The van der Waals surface area contributed by atoms with Gasteiger partial charge in [-0.1, -0.05) is 18.2 Å². The molecule has 1 heterocycles. The Labute approximate surface area is 124 Å². The summed E-state index contributed by atoms with van der Waals surface area (Å²) in [4.78, 5) is 37.5. The third kappa shape index (κ3) is 2.26. The molecule has 1 N–H and O–H groups in total. The van der Waals surface area contributed by atoms with Gasteiger partial charge in [-0.3, -0.25) is 19.7 Å². The lowest BCUT2D eigenvalue weighted by atomic mass is 10.0. The van der Waals surface area contributed by atoms with Crippen molar-refractivity contribution in [3.05, 3.63) is 76.0 Å². The first-order valence-electron chi connectivity index (χ1n) is 6.47. The molecule has 0 radical (unpaired) electrons. The molecular formula is C16H10N2O4. The number of hydrogen-bond donors (Lipinski definition) is 1. The van der Waals surface area contributed by atoms with E-state index in [0.717, 1.165) is 5.52 Å². The van der Waals surface area contributed by atoms with Gasteiger partial charge in [-0.05, 0) is 18.2 Å². The molecular weight excluding hydrogens is 284 g/mol. The summed E-state index contributed by atoms with van der Waals surface area (Å²) in [5, 5.41) is 11.3. The highest BCUT2D eigenvalue weighted by Gasteiger charge is 2.21. The number of Topliss-reactive ketones (excluding diaryl/α,β-unsaturated/α-hetero) is 2. The molecule has 0 saturated heterocycles. The van der Waals surface area contributed by atoms with E-state index in [1.807, 2.05) is 12.1 Å². The Kier molecular flexibility index (Phi) is 3.27. The maximum atomic E-state index is 12.3. The Bertz CT molecular complexity index is 894. The SMILES string of the molecule is O=C(C(=O)c1c[nH]c2ccccc12)c1ccc([N+](=O)[O-])cc1. The molecule has 0 atom stereocenters. The molecule has 0 amide bonds. The molecule has 3 rings (SSSR count). The lowest BCUT2D eigenvalue weighted by Crippen LogP contribution is -2.14. The minimum absolute atomic E-state index is 0.126. The number of fused-ring (bicyclic) bond motifs is 1. The molecule has 0 bridgehead atoms. The van der Waals surface area contributed by atoms with Gasteiger partial charge in [0, 0.05) is 34.8 Å². The van der Waals surface area contributed by atoms with Crippen molar-refractivity contribution < 1.29 is 14.5 Å². The van der Waals surface area contributed by atoms with Crippen LogP contribution in [0.25, 0.3) is 10.9 Å². The zero-order valence-corrected chi connectivity index (χ0v) is 11.3. The van der Waals surface area contributed by atoms with E-state index in [-0.39, 0.29) is 11.3 Å². The van der Waals surface area contributed by atoms with Crippen LogP contribution in [0.2, 0.25) is 0 Å². The van der Waals surface area contributed by atoms with E-state index < -0.39 is 16.5 Å². The second-order valence-electron chi connectivity index (χ2n) is 4.71. The summed E-state index contributed by atoms with van der Waals surface area (Å²) in [5.74, 6) is -1.34. The molecule has 108 valence electrons. The largest absolute Gasteiger partial charge is 0.360 e. The minimum atomic E-state index is -0.695. The second kappa shape index (κ2) is 5.25. The van der Waals surface area contributed by atoms with Crippen molar-refractivity contribution in [1.82, 2.24) is 4.98 Å². The molecule has 0 aliphatic rings. The van der Waals surface area contributed by atoms with Gasteiger partial charge in [0.25, 0.3) is 5.69 Å². The monoisotopic (exact) mass is 294 g/mol. The quantitative estimate of drug-likeness (QED) is 0.346. The number of ketones is 2. The third-order valence-corrected chi connectivity index (χ3v) is 3.38. The van der Waals surface area contributed by atoms with Gasteiger partial charge in [0.05, 0.1) is 10.5 Å². The van der Waals surface area contributed by atoms with Crippen LogP contribution in [0.3, 0.4) is 0 Å². The van der Waals surface area contributed by atoms with Crippen molar-refractivity contribution in [1.29, 1.82) is 0 Å². The summed E-state index contributed by atoms with van der Waals surface area (Å²) in [6.45, 7) is 0. The molecule has 0 aliphatic carbocycles. The van der Waals surface area contributed by atoms with E-state index in [9.17, 15) is 19.7 Å². The Hall–Kier alpha value is -3.28. The van der Waals surface area contributed by atoms with Crippen LogP contribution in [0.15, 0.2) is 54.7 Å². The third-order valence-electron chi connectivity index (χ3n) is 3.38. The molecule has 0 saturated carbocycles. The Morgan fingerprint density at radius 3 is 2.32 bits per heavy atom. The van der Waals surface area contributed by atoms with Crippen LogP contribution in [-0.2, 0) is 0 Å². The number of para-hydroxylation sites is 1. The summed E-state index contributed by atoms with van der Waals surface area (Å²) < 4.78 is 0. The predicted octanol–water partition coefficient (Wildman–Crippen LogP) is 3.14. The number of H-pyrrole nitrogens is 1. The van der Waals surface area contributed by atoms with Crippen LogP contribution in [0.4, 0.5) is 5.69 Å². The first-order valence-corrected chi connectivity index (χ1v) is 6.47. The van der Waals surface area contributed by atoms with Gasteiger partial charge in [-0.2, -0.15) is 0 Å². The standard InChI is InChI=1S/C16H10N2O4/c19-15(10-5-7-11(8-6-10)18(21)22)16(20)13-9-17-14-4-2-1-3-12(13)14/h1-9,17H. The Morgan fingerprint density at radius 1 is 0.955 bits per heavy atom. The highest BCUT2D eigenvalue weighted by molar-refractivity contribution is 6.50. The fourth-order valence-electron chi connectivity index (χ4n) is 2.25. The number of aromatic nitrogens is 1. The predicted molar refractivity (Wildman–Crippen MR) is 80.1 cm³/mol. The van der Waals surface area contributed by atoms with Crippen LogP contribution in [-0.4, -0.2) is 21.5 Å². The van der Waals surface area contributed by atoms with E-state index in [1.165, 1.54) is 30.5 Å². The first kappa shape index (κ1) is 13.7. The van der Waals surface area contributed by atoms with Crippen molar-refractivity contribution >= 4 is 28.2 Å². The van der Waals surface area contributed by atoms with Gasteiger partial charge in [0.15, 0.2) is 0 Å². The molecule has 1 aromatic heterocycles. The molecule has 0 aliphatic heterocycles. The summed E-state index contributed by atoms with van der Waals surface area (Å²) in [5.41, 5.74) is 1.05. The molecule has 6 heteroatoms. The summed E-state index contributed by atoms with van der Waals surface area (Å²) in [6.07, 6.45) is 1.50. The lowest BCUT2D eigenvalue weighted by molar-refractivity contribution is -0.384. The van der Waals surface area contributed by atoms with Crippen LogP contribution in [0.1, 0.15) is 20.7 Å². The molecule has 0 spiro atoms. The van der Waals surface area contributed by atoms with Gasteiger partial charge < -0.3 is 4.98 Å². The normalized spacial score (nSPS) is 10.5. The number of hydrogen-bond acceptors (Lipinski definition) is 4. The van der Waals surface area contributed by atoms with Crippen molar-refractivity contribution in [2.45, 2.75) is 0 Å². The molecule has 2 aromatic carbocycles. The van der Waals surface area contributed by atoms with Gasteiger partial charge in [-0.15, -0.1) is 0 Å². The Morgan fingerprint density at radius 2 is 1.64 bits per heavy atom. The minimum Gasteiger partial charge on any atom is -0.360 e. The number of rotatable bonds is 4. The van der Waals surface area contributed by atoms with Crippen LogP contribution in [0.5, 0.6) is 0 Å². The van der Waals surface area contributed by atoms with E-state index >= 15 is 0 Å². The van der Waals surface area contributed by atoms with E-state index in [4.69, 9.17) is 0 Å². The zero-order valence-electron chi connectivity index (χ0n) is 11.3. The van der Waals surface area contributed by atoms with Crippen molar-refractivity contribution in [3.63, 3.8) is 0 Å². The Balaban J connectivity index is 1.94. The lowest BCUT2D eigenvalue weighted by Gasteiger charge is -2.00. The highest BCUT2D eigenvalue weighted by Crippen LogP contribution is 2.20. The maximum Gasteiger partial charge on any atom is 0.269 e. The maximum absolute atomic E-state index is 12.3. The fourth-order valence-corrected chi connectivity index (χ4v) is 2.25. The number of carbonyl (C=O) groups is 2. The molecule has 6 nitrogen and oxygen atoms in total. The van der Waals surface area contributed by atoms with E-state index in [1.54, 1.807) is 12.1 Å². The first-order chi connectivity index (χ1) is 10.6. The summed E-state index contributed by atoms with van der Waals surface area (Å²) >= 11 is 0. The van der Waals surface area contributed by atoms with Crippen LogP contribution in [0, 0.1) is 10.1 Å². The molecule has 3 aromatic rings. The second-order valence-corrected chi connectivity index (χ2v) is 4.71. The van der Waals surface area contributed by atoms with E-state index in [2.05, 4.69) is 4.98 Å². The number of nitro groups is 1. The van der Waals surface area contributed by atoms with Gasteiger partial charge in [0.2, 0.25) is 11.6 Å². The van der Waals surface area contributed by atoms with E-state index in [0.29, 0.717) is 10.9 Å². The summed E-state index contributed by atoms with van der Waals surface area (Å²) in [7, 11) is 0. The number of nitrogens with zero attached hydrogens (tertiary/aromatic N) is 1. The summed E-state index contributed by atoms with van der Waals surface area (Å²) in [6, 6.07) is 12.1. The van der Waals surface area contributed by atoms with Crippen LogP contribution < -0.4 is 0 Å². The zero-order chi connectivity index (χ0) is 15.7. The van der Waals surface area contributed by atoms with Gasteiger partial charge in [-0.25, -0.2) is 0 Å². The molecule has 0 unspecified atom stereocenters. The van der Waals surface area contributed by atoms with Crippen molar-refractivity contribution in [2.24, 2.45) is 0 Å². The number of nitrogens with one attached hydrogen (secondary N) is 1. The average molecular weight is 294 g/mol. The number of non-ortho nitro benzene ring substituents is 1. The average Bonchev–Trinajstić information content (AvgIpc) is 2.97. The fraction of sp³-hybridized carbons (Fsp3) is 0. The topological polar surface area (TPSA) is 93.1 Å². The number of nitro benzene ring substituents is 1. The number of benzene rings is 2. The van der Waals surface area contributed by atoms with Crippen LogP contribution >= 0.6 is 0 Å². The number of carbonyl (C=O) groups excluding carboxylic acids is 2. The van der Waals surface area contributed by atoms with Crippen molar-refractivity contribution in [2.75, 3.05) is 0 Å².